The first-order valence-corrected chi connectivity index (χ1v) is 14.4. The van der Waals surface area contributed by atoms with Gasteiger partial charge in [0, 0.05) is 29.7 Å². The van der Waals surface area contributed by atoms with Crippen molar-refractivity contribution in [3.8, 4) is 17.2 Å². The molecule has 1 unspecified atom stereocenters. The van der Waals surface area contributed by atoms with E-state index >= 15 is 0 Å². The van der Waals surface area contributed by atoms with Crippen LogP contribution >= 0.6 is 11.8 Å². The molecule has 0 saturated carbocycles. The number of benzene rings is 3. The number of aromatic nitrogens is 2. The average Bonchev–Trinajstić information content (AvgIpc) is 3.44. The van der Waals surface area contributed by atoms with Crippen LogP contribution in [0.1, 0.15) is 34.1 Å². The zero-order valence-corrected chi connectivity index (χ0v) is 24.7. The Hall–Kier alpha value is -4.57. The normalized spacial score (nSPS) is 12.5. The number of methoxy groups -OCH3 is 1. The van der Waals surface area contributed by atoms with E-state index in [0.717, 1.165) is 22.5 Å². The van der Waals surface area contributed by atoms with Crippen molar-refractivity contribution in [2.45, 2.75) is 38.5 Å². The fourth-order valence-electron chi connectivity index (χ4n) is 4.62. The Bertz CT molecular complexity index is 1560. The maximum atomic E-state index is 14.1. The van der Waals surface area contributed by atoms with Crippen LogP contribution in [0, 0.1) is 20.8 Å². The average molecular weight is 585 g/mol. The van der Waals surface area contributed by atoms with Crippen LogP contribution in [0.5, 0.6) is 17.2 Å². The molecule has 42 heavy (non-hydrogen) atoms. The topological polar surface area (TPSA) is 103 Å². The molecule has 0 aliphatic carbocycles. The third-order valence-electron chi connectivity index (χ3n) is 6.71. The number of rotatable bonds is 10. The van der Waals surface area contributed by atoms with Crippen LogP contribution in [0.2, 0.25) is 0 Å². The number of carbonyl (C=O) groups is 2. The quantitative estimate of drug-likeness (QED) is 0.189. The van der Waals surface area contributed by atoms with Gasteiger partial charge in [-0.1, -0.05) is 53.7 Å². The molecule has 1 N–H and O–H groups in total. The second-order valence-electron chi connectivity index (χ2n) is 9.96. The third-order valence-corrected chi connectivity index (χ3v) is 7.54. The van der Waals surface area contributed by atoms with Gasteiger partial charge in [0.2, 0.25) is 12.7 Å². The predicted molar refractivity (Wildman–Crippen MR) is 161 cm³/mol. The lowest BCUT2D eigenvalue weighted by molar-refractivity contribution is -0.137. The zero-order chi connectivity index (χ0) is 29.6. The summed E-state index contributed by atoms with van der Waals surface area (Å²) in [4.78, 5) is 38.6. The van der Waals surface area contributed by atoms with Crippen LogP contribution in [0.15, 0.2) is 78.0 Å². The summed E-state index contributed by atoms with van der Waals surface area (Å²) < 4.78 is 16.2. The molecule has 0 radical (unpaired) electrons. The first-order chi connectivity index (χ1) is 20.3. The van der Waals surface area contributed by atoms with Gasteiger partial charge >= 0.3 is 0 Å². The van der Waals surface area contributed by atoms with Gasteiger partial charge in [0.25, 0.3) is 5.91 Å². The molecule has 0 spiro atoms. The number of thioether (sulfide) groups is 1. The number of aryl methyl sites for hydroxylation is 3. The minimum absolute atomic E-state index is 0.0543. The van der Waals surface area contributed by atoms with Gasteiger partial charge in [-0.3, -0.25) is 9.59 Å². The van der Waals surface area contributed by atoms with Crippen molar-refractivity contribution in [1.29, 1.82) is 0 Å². The third kappa shape index (κ3) is 7.01. The fourth-order valence-corrected chi connectivity index (χ4v) is 5.46. The maximum Gasteiger partial charge on any atom is 0.251 e. The lowest BCUT2D eigenvalue weighted by Crippen LogP contribution is -2.41. The molecule has 2 heterocycles. The van der Waals surface area contributed by atoms with E-state index < -0.39 is 6.04 Å². The van der Waals surface area contributed by atoms with Crippen molar-refractivity contribution in [2.75, 3.05) is 25.0 Å². The van der Waals surface area contributed by atoms with Crippen molar-refractivity contribution < 1.29 is 23.8 Å². The first kappa shape index (κ1) is 28.9. The summed E-state index contributed by atoms with van der Waals surface area (Å²) in [5, 5.41) is 3.51. The molecule has 9 nitrogen and oxygen atoms in total. The summed E-state index contributed by atoms with van der Waals surface area (Å²) in [6.07, 6.45) is 0. The Morgan fingerprint density at radius 1 is 0.929 bits per heavy atom. The van der Waals surface area contributed by atoms with E-state index in [-0.39, 0.29) is 30.9 Å². The summed E-state index contributed by atoms with van der Waals surface area (Å²) in [7, 11) is 1.60. The SMILES string of the molecule is COc1ccc(CN(C(=O)CSc2nc(C)cc(C)n2)C(C(=O)Nc2ccc3c(c2)OCO3)c2ccc(C)cc2)cc1. The van der Waals surface area contributed by atoms with E-state index in [9.17, 15) is 9.59 Å². The van der Waals surface area contributed by atoms with E-state index in [2.05, 4.69) is 15.3 Å². The molecule has 1 atom stereocenters. The van der Waals surface area contributed by atoms with E-state index in [0.29, 0.717) is 33.7 Å². The van der Waals surface area contributed by atoms with Gasteiger partial charge in [-0.25, -0.2) is 9.97 Å². The highest BCUT2D eigenvalue weighted by Crippen LogP contribution is 2.35. The molecule has 5 rings (SSSR count). The maximum absolute atomic E-state index is 14.1. The van der Waals surface area contributed by atoms with E-state index in [1.807, 2.05) is 75.4 Å². The molecule has 2 amide bonds. The monoisotopic (exact) mass is 584 g/mol. The van der Waals surface area contributed by atoms with Crippen LogP contribution in [-0.4, -0.2) is 46.3 Å². The number of fused-ring (bicyclic) bond motifs is 1. The van der Waals surface area contributed by atoms with Crippen LogP contribution in [0.4, 0.5) is 5.69 Å². The smallest absolute Gasteiger partial charge is 0.251 e. The fraction of sp³-hybridized carbons (Fsp3) is 0.250. The van der Waals surface area contributed by atoms with Crippen molar-refractivity contribution in [1.82, 2.24) is 14.9 Å². The van der Waals surface area contributed by atoms with Gasteiger partial charge in [-0.05, 0) is 62.2 Å². The van der Waals surface area contributed by atoms with Crippen molar-refractivity contribution in [2.24, 2.45) is 0 Å². The summed E-state index contributed by atoms with van der Waals surface area (Å²) in [5.41, 5.74) is 4.78. The molecular weight excluding hydrogens is 552 g/mol. The molecule has 1 aliphatic heterocycles. The highest BCUT2D eigenvalue weighted by atomic mass is 32.2. The molecule has 10 heteroatoms. The second-order valence-corrected chi connectivity index (χ2v) is 10.9. The summed E-state index contributed by atoms with van der Waals surface area (Å²) in [6.45, 7) is 6.09. The second kappa shape index (κ2) is 12.9. The number of nitrogens with one attached hydrogen (secondary N) is 1. The molecule has 0 bridgehead atoms. The molecule has 216 valence electrons. The van der Waals surface area contributed by atoms with Crippen LogP contribution in [-0.2, 0) is 16.1 Å². The Kier molecular flexibility index (Phi) is 8.92. The standard InChI is InChI=1S/C32H32N4O5S/c1-20-5-9-24(10-6-20)30(31(38)35-25-11-14-27-28(16-25)41-19-40-27)36(17-23-7-12-26(39-4)13-8-23)29(37)18-42-32-33-21(2)15-22(3)34-32/h5-16,30H,17-19H2,1-4H3,(H,35,38). The van der Waals surface area contributed by atoms with Crippen LogP contribution in [0.3, 0.4) is 0 Å². The van der Waals surface area contributed by atoms with Crippen LogP contribution in [0.25, 0.3) is 0 Å². The van der Waals surface area contributed by atoms with E-state index in [1.165, 1.54) is 11.8 Å². The number of carbonyl (C=O) groups excluding carboxylic acids is 2. The number of hydrogen-bond donors (Lipinski definition) is 1. The largest absolute Gasteiger partial charge is 0.497 e. The van der Waals surface area contributed by atoms with E-state index in [1.54, 1.807) is 30.2 Å². The minimum atomic E-state index is -0.925. The van der Waals surface area contributed by atoms with E-state index in [4.69, 9.17) is 14.2 Å². The van der Waals surface area contributed by atoms with Crippen molar-refractivity contribution >= 4 is 29.3 Å². The first-order valence-electron chi connectivity index (χ1n) is 13.4. The number of nitrogens with zero attached hydrogens (tertiary/aromatic N) is 3. The van der Waals surface area contributed by atoms with Crippen LogP contribution < -0.4 is 19.5 Å². The van der Waals surface area contributed by atoms with Gasteiger partial charge < -0.3 is 24.4 Å². The van der Waals surface area contributed by atoms with Gasteiger partial charge in [-0.15, -0.1) is 0 Å². The Labute approximate surface area is 249 Å². The summed E-state index contributed by atoms with van der Waals surface area (Å²) in [5.74, 6) is 1.34. The number of ether oxygens (including phenoxy) is 3. The predicted octanol–water partition coefficient (Wildman–Crippen LogP) is 5.64. The highest BCUT2D eigenvalue weighted by Gasteiger charge is 2.32. The van der Waals surface area contributed by atoms with Gasteiger partial charge in [0.1, 0.15) is 11.8 Å². The molecular formula is C32H32N4O5S. The molecule has 1 aliphatic rings. The number of anilines is 1. The summed E-state index contributed by atoms with van der Waals surface area (Å²) >= 11 is 1.25. The Morgan fingerprint density at radius 3 is 2.31 bits per heavy atom. The molecule has 1 aromatic heterocycles. The number of hydrogen-bond acceptors (Lipinski definition) is 8. The lowest BCUT2D eigenvalue weighted by Gasteiger charge is -2.31. The Balaban J connectivity index is 1.48. The minimum Gasteiger partial charge on any atom is -0.497 e. The summed E-state index contributed by atoms with van der Waals surface area (Å²) in [6, 6.07) is 21.3. The van der Waals surface area contributed by atoms with Crippen molar-refractivity contribution in [3.63, 3.8) is 0 Å². The Morgan fingerprint density at radius 2 is 1.62 bits per heavy atom. The van der Waals surface area contributed by atoms with Crippen molar-refractivity contribution in [3.05, 3.63) is 101 Å². The van der Waals surface area contributed by atoms with Gasteiger partial charge in [0.15, 0.2) is 16.7 Å². The molecule has 0 saturated heterocycles. The molecule has 0 fully saturated rings. The zero-order valence-electron chi connectivity index (χ0n) is 23.9. The molecule has 3 aromatic carbocycles. The van der Waals surface area contributed by atoms with Gasteiger partial charge in [-0.2, -0.15) is 0 Å². The van der Waals surface area contributed by atoms with Gasteiger partial charge in [0.05, 0.1) is 12.9 Å². The number of amides is 2. The lowest BCUT2D eigenvalue weighted by atomic mass is 10.0. The molecule has 4 aromatic rings. The highest BCUT2D eigenvalue weighted by molar-refractivity contribution is 7.99.